The van der Waals surface area contributed by atoms with E-state index in [1.54, 1.807) is 12.3 Å². The lowest BCUT2D eigenvalue weighted by molar-refractivity contribution is 0.0697. The van der Waals surface area contributed by atoms with Crippen LogP contribution in [0.4, 0.5) is 5.69 Å². The molecule has 0 atom stereocenters. The van der Waals surface area contributed by atoms with Crippen molar-refractivity contribution in [3.63, 3.8) is 0 Å². The molecule has 94 valence electrons. The van der Waals surface area contributed by atoms with Crippen molar-refractivity contribution in [3.05, 3.63) is 48.2 Å². The minimum Gasteiger partial charge on any atom is -0.478 e. The highest BCUT2D eigenvalue weighted by atomic mass is 16.4. The lowest BCUT2D eigenvalue weighted by Crippen LogP contribution is -1.97. The number of aromatic carboxylic acids is 1. The number of pyridine rings is 1. The topological polar surface area (TPSA) is 93.5 Å². The van der Waals surface area contributed by atoms with Crippen LogP contribution in [0.3, 0.4) is 0 Å². The van der Waals surface area contributed by atoms with Crippen LogP contribution in [0.5, 0.6) is 0 Å². The zero-order valence-corrected chi connectivity index (χ0v) is 9.82. The van der Waals surface area contributed by atoms with E-state index < -0.39 is 5.97 Å². The molecule has 0 aliphatic rings. The Morgan fingerprint density at radius 1 is 1.26 bits per heavy atom. The molecule has 3 rings (SSSR count). The van der Waals surface area contributed by atoms with Gasteiger partial charge in [0, 0.05) is 17.4 Å². The molecular formula is C13H10N4O2. The molecule has 0 amide bonds. The van der Waals surface area contributed by atoms with Crippen LogP contribution in [0.25, 0.3) is 17.0 Å². The zero-order valence-electron chi connectivity index (χ0n) is 9.82. The number of nitrogens with zero attached hydrogens (tertiary/aromatic N) is 3. The number of carbonyl (C=O) groups is 1. The zero-order chi connectivity index (χ0) is 13.4. The van der Waals surface area contributed by atoms with Crippen molar-refractivity contribution in [2.45, 2.75) is 0 Å². The lowest BCUT2D eigenvalue weighted by atomic mass is 10.2. The fourth-order valence-corrected chi connectivity index (χ4v) is 1.83. The van der Waals surface area contributed by atoms with Crippen LogP contribution in [-0.2, 0) is 0 Å². The van der Waals surface area contributed by atoms with Gasteiger partial charge in [-0.25, -0.2) is 14.3 Å². The van der Waals surface area contributed by atoms with Gasteiger partial charge in [0.15, 0.2) is 11.5 Å². The quantitative estimate of drug-likeness (QED) is 0.678. The molecule has 2 aromatic heterocycles. The molecule has 0 saturated carbocycles. The Bertz CT molecular complexity index is 779. The highest BCUT2D eigenvalue weighted by Crippen LogP contribution is 2.22. The minimum atomic E-state index is -0.994. The number of carboxylic acid groups (broad SMARTS) is 1. The van der Waals surface area contributed by atoms with E-state index in [1.807, 2.05) is 18.2 Å². The van der Waals surface area contributed by atoms with Crippen LogP contribution in [0.1, 0.15) is 10.4 Å². The summed E-state index contributed by atoms with van der Waals surface area (Å²) in [5.41, 5.74) is 7.82. The Hall–Kier alpha value is -2.89. The maximum Gasteiger partial charge on any atom is 0.335 e. The van der Waals surface area contributed by atoms with Gasteiger partial charge in [-0.3, -0.25) is 0 Å². The third-order valence-corrected chi connectivity index (χ3v) is 2.79. The van der Waals surface area contributed by atoms with Gasteiger partial charge in [-0.05, 0) is 24.3 Å². The first-order valence-electron chi connectivity index (χ1n) is 5.60. The Labute approximate surface area is 108 Å². The summed E-state index contributed by atoms with van der Waals surface area (Å²) < 4.78 is 1.52. The first-order valence-corrected chi connectivity index (χ1v) is 5.60. The summed E-state index contributed by atoms with van der Waals surface area (Å²) >= 11 is 0. The van der Waals surface area contributed by atoms with Gasteiger partial charge in [-0.1, -0.05) is 12.1 Å². The van der Waals surface area contributed by atoms with Crippen molar-refractivity contribution < 1.29 is 9.90 Å². The SMILES string of the molecule is Nc1ccccc1-c1nc2cc(C(=O)O)ccn2n1. The normalized spacial score (nSPS) is 10.7. The van der Waals surface area contributed by atoms with Crippen LogP contribution in [0.15, 0.2) is 42.6 Å². The first-order chi connectivity index (χ1) is 9.15. The number of nitrogens with two attached hydrogens (primary N) is 1. The van der Waals surface area contributed by atoms with E-state index in [-0.39, 0.29) is 5.56 Å². The van der Waals surface area contributed by atoms with Gasteiger partial charge in [0.25, 0.3) is 0 Å². The van der Waals surface area contributed by atoms with Crippen molar-refractivity contribution in [2.75, 3.05) is 5.73 Å². The van der Waals surface area contributed by atoms with Gasteiger partial charge in [-0.15, -0.1) is 5.10 Å². The summed E-state index contributed by atoms with van der Waals surface area (Å²) in [7, 11) is 0. The molecule has 6 heteroatoms. The second kappa shape index (κ2) is 4.09. The van der Waals surface area contributed by atoms with E-state index in [9.17, 15) is 4.79 Å². The van der Waals surface area contributed by atoms with Crippen LogP contribution in [0.2, 0.25) is 0 Å². The predicted octanol–water partition coefficient (Wildman–Crippen LogP) is 1.68. The number of rotatable bonds is 2. The monoisotopic (exact) mass is 254 g/mol. The average Bonchev–Trinajstić information content (AvgIpc) is 2.81. The summed E-state index contributed by atoms with van der Waals surface area (Å²) in [4.78, 5) is 15.2. The van der Waals surface area contributed by atoms with E-state index in [2.05, 4.69) is 10.1 Å². The number of hydrogen-bond acceptors (Lipinski definition) is 4. The van der Waals surface area contributed by atoms with E-state index >= 15 is 0 Å². The van der Waals surface area contributed by atoms with E-state index in [0.717, 1.165) is 5.56 Å². The predicted molar refractivity (Wildman–Crippen MR) is 69.8 cm³/mol. The van der Waals surface area contributed by atoms with Crippen molar-refractivity contribution in [2.24, 2.45) is 0 Å². The van der Waals surface area contributed by atoms with Gasteiger partial charge in [0.2, 0.25) is 0 Å². The summed E-state index contributed by atoms with van der Waals surface area (Å²) in [5.74, 6) is -0.521. The van der Waals surface area contributed by atoms with Crippen LogP contribution < -0.4 is 5.73 Å². The summed E-state index contributed by atoms with van der Waals surface area (Å²) in [6.45, 7) is 0. The highest BCUT2D eigenvalue weighted by Gasteiger charge is 2.11. The van der Waals surface area contributed by atoms with Crippen LogP contribution >= 0.6 is 0 Å². The van der Waals surface area contributed by atoms with Crippen molar-refractivity contribution in [3.8, 4) is 11.4 Å². The van der Waals surface area contributed by atoms with Crippen LogP contribution in [-0.4, -0.2) is 25.7 Å². The molecule has 0 aliphatic heterocycles. The third kappa shape index (κ3) is 1.89. The van der Waals surface area contributed by atoms with Gasteiger partial charge in [-0.2, -0.15) is 0 Å². The second-order valence-corrected chi connectivity index (χ2v) is 4.05. The fourth-order valence-electron chi connectivity index (χ4n) is 1.83. The molecule has 3 aromatic rings. The van der Waals surface area contributed by atoms with E-state index in [4.69, 9.17) is 10.8 Å². The minimum absolute atomic E-state index is 0.174. The fraction of sp³-hybridized carbons (Fsp3) is 0. The maximum atomic E-state index is 10.9. The average molecular weight is 254 g/mol. The Balaban J connectivity index is 2.17. The number of nitrogen functional groups attached to an aromatic ring is 1. The Morgan fingerprint density at radius 2 is 2.05 bits per heavy atom. The summed E-state index contributed by atoms with van der Waals surface area (Å²) in [6.07, 6.45) is 1.56. The largest absolute Gasteiger partial charge is 0.478 e. The summed E-state index contributed by atoms with van der Waals surface area (Å²) in [6, 6.07) is 10.2. The van der Waals surface area contributed by atoms with E-state index in [0.29, 0.717) is 17.2 Å². The molecule has 1 aromatic carbocycles. The number of benzene rings is 1. The smallest absolute Gasteiger partial charge is 0.335 e. The number of para-hydroxylation sites is 1. The van der Waals surface area contributed by atoms with Gasteiger partial charge in [0.05, 0.1) is 5.56 Å². The molecule has 2 heterocycles. The van der Waals surface area contributed by atoms with Crippen molar-refractivity contribution in [1.82, 2.24) is 14.6 Å². The highest BCUT2D eigenvalue weighted by molar-refractivity contribution is 5.88. The molecule has 6 nitrogen and oxygen atoms in total. The first kappa shape index (κ1) is 11.2. The molecular weight excluding hydrogens is 244 g/mol. The molecule has 0 saturated heterocycles. The van der Waals surface area contributed by atoms with Gasteiger partial charge >= 0.3 is 5.97 Å². The second-order valence-electron chi connectivity index (χ2n) is 4.05. The molecule has 19 heavy (non-hydrogen) atoms. The third-order valence-electron chi connectivity index (χ3n) is 2.79. The maximum absolute atomic E-state index is 10.9. The van der Waals surface area contributed by atoms with Gasteiger partial charge < -0.3 is 10.8 Å². The van der Waals surface area contributed by atoms with Crippen molar-refractivity contribution >= 4 is 17.3 Å². The Kier molecular flexibility index (Phi) is 2.42. The molecule has 0 fully saturated rings. The standard InChI is InChI=1S/C13H10N4O2/c14-10-4-2-1-3-9(10)12-15-11-7-8(13(18)19)5-6-17(11)16-12/h1-7H,14H2,(H,18,19). The van der Waals surface area contributed by atoms with Gasteiger partial charge in [0.1, 0.15) is 0 Å². The molecule has 0 unspecified atom stereocenters. The molecule has 0 radical (unpaired) electrons. The molecule has 3 N–H and O–H groups in total. The number of fused-ring (bicyclic) bond motifs is 1. The number of anilines is 1. The summed E-state index contributed by atoms with van der Waals surface area (Å²) in [5, 5.41) is 13.2. The van der Waals surface area contributed by atoms with Crippen LogP contribution in [0, 0.1) is 0 Å². The van der Waals surface area contributed by atoms with Crippen molar-refractivity contribution in [1.29, 1.82) is 0 Å². The number of carboxylic acids is 1. The number of hydrogen-bond donors (Lipinski definition) is 2. The Morgan fingerprint density at radius 3 is 2.79 bits per heavy atom. The lowest BCUT2D eigenvalue weighted by Gasteiger charge is -1.98. The molecule has 0 spiro atoms. The molecule has 0 aliphatic carbocycles. The number of aromatic nitrogens is 3. The molecule has 0 bridgehead atoms. The van der Waals surface area contributed by atoms with E-state index in [1.165, 1.54) is 16.6 Å².